The van der Waals surface area contributed by atoms with Crippen molar-refractivity contribution in [3.05, 3.63) is 41.7 Å². The number of piperazine rings is 1. The first-order valence-corrected chi connectivity index (χ1v) is 8.26. The number of halogens is 1. The highest BCUT2D eigenvalue weighted by molar-refractivity contribution is 5.40. The van der Waals surface area contributed by atoms with Gasteiger partial charge in [0.2, 0.25) is 5.95 Å². The zero-order valence-electron chi connectivity index (χ0n) is 13.3. The molecule has 2 aliphatic rings. The SMILES string of the molecule is CC1CN(Cc2cc(C3CC3)on2)CCN1c1cccc(F)n1. The fourth-order valence-electron chi connectivity index (χ4n) is 3.27. The summed E-state index contributed by atoms with van der Waals surface area (Å²) in [7, 11) is 0. The summed E-state index contributed by atoms with van der Waals surface area (Å²) in [4.78, 5) is 8.53. The second-order valence-corrected chi connectivity index (χ2v) is 6.59. The lowest BCUT2D eigenvalue weighted by Crippen LogP contribution is -2.52. The highest BCUT2D eigenvalue weighted by Crippen LogP contribution is 2.40. The molecule has 2 fully saturated rings. The largest absolute Gasteiger partial charge is 0.361 e. The van der Waals surface area contributed by atoms with E-state index in [0.717, 1.165) is 43.5 Å². The van der Waals surface area contributed by atoms with Gasteiger partial charge in [-0.2, -0.15) is 4.39 Å². The smallest absolute Gasteiger partial charge is 0.214 e. The number of rotatable bonds is 4. The van der Waals surface area contributed by atoms with Crippen molar-refractivity contribution in [2.24, 2.45) is 0 Å². The maximum Gasteiger partial charge on any atom is 0.214 e. The second-order valence-electron chi connectivity index (χ2n) is 6.59. The van der Waals surface area contributed by atoms with E-state index in [2.05, 4.69) is 32.9 Å². The molecule has 0 radical (unpaired) electrons. The number of aromatic nitrogens is 2. The topological polar surface area (TPSA) is 45.4 Å². The Hall–Kier alpha value is -1.95. The Kier molecular flexibility index (Phi) is 3.77. The molecule has 1 atom stereocenters. The van der Waals surface area contributed by atoms with Gasteiger partial charge in [-0.1, -0.05) is 11.2 Å². The molecule has 1 aliphatic carbocycles. The highest BCUT2D eigenvalue weighted by Gasteiger charge is 2.29. The summed E-state index contributed by atoms with van der Waals surface area (Å²) in [5, 5.41) is 4.19. The van der Waals surface area contributed by atoms with E-state index < -0.39 is 5.95 Å². The Balaban J connectivity index is 1.38. The van der Waals surface area contributed by atoms with Crippen molar-refractivity contribution in [1.29, 1.82) is 0 Å². The Morgan fingerprint density at radius 1 is 1.30 bits per heavy atom. The molecule has 2 aromatic heterocycles. The first-order chi connectivity index (χ1) is 11.2. The van der Waals surface area contributed by atoms with E-state index in [1.165, 1.54) is 18.9 Å². The standard InChI is InChI=1S/C17H21FN4O/c1-12-10-21(11-14-9-15(23-20-14)13-5-6-13)7-8-22(12)17-4-2-3-16(18)19-17/h2-4,9,12-13H,5-8,10-11H2,1H3. The first-order valence-electron chi connectivity index (χ1n) is 8.26. The maximum absolute atomic E-state index is 13.3. The van der Waals surface area contributed by atoms with E-state index in [1.807, 2.05) is 6.07 Å². The number of anilines is 1. The molecule has 122 valence electrons. The Bertz CT molecular complexity index is 685. The average molecular weight is 316 g/mol. The lowest BCUT2D eigenvalue weighted by molar-refractivity contribution is 0.214. The molecular weight excluding hydrogens is 295 g/mol. The Morgan fingerprint density at radius 2 is 2.17 bits per heavy atom. The third kappa shape index (κ3) is 3.22. The molecule has 5 nitrogen and oxygen atoms in total. The fourth-order valence-corrected chi connectivity index (χ4v) is 3.27. The molecule has 1 saturated heterocycles. The first kappa shape index (κ1) is 14.6. The number of pyridine rings is 1. The molecular formula is C17H21FN4O. The van der Waals surface area contributed by atoms with Gasteiger partial charge in [-0.05, 0) is 31.9 Å². The van der Waals surface area contributed by atoms with E-state index >= 15 is 0 Å². The molecule has 23 heavy (non-hydrogen) atoms. The summed E-state index contributed by atoms with van der Waals surface area (Å²) in [6.45, 7) is 5.62. The van der Waals surface area contributed by atoms with Crippen LogP contribution in [0, 0.1) is 5.95 Å². The van der Waals surface area contributed by atoms with Crippen LogP contribution in [0.2, 0.25) is 0 Å². The zero-order valence-corrected chi connectivity index (χ0v) is 13.3. The summed E-state index contributed by atoms with van der Waals surface area (Å²) in [5.74, 6) is 1.93. The van der Waals surface area contributed by atoms with Crippen LogP contribution in [0.4, 0.5) is 10.2 Å². The lowest BCUT2D eigenvalue weighted by atomic mass is 10.1. The Labute approximate surface area is 135 Å². The molecule has 0 amide bonds. The average Bonchev–Trinajstić information content (AvgIpc) is 3.28. The predicted molar refractivity (Wildman–Crippen MR) is 84.8 cm³/mol. The molecule has 4 rings (SSSR count). The molecule has 0 bridgehead atoms. The monoisotopic (exact) mass is 316 g/mol. The number of nitrogens with zero attached hydrogens (tertiary/aromatic N) is 4. The van der Waals surface area contributed by atoms with E-state index in [-0.39, 0.29) is 6.04 Å². The van der Waals surface area contributed by atoms with Gasteiger partial charge in [0.25, 0.3) is 0 Å². The number of hydrogen-bond donors (Lipinski definition) is 0. The molecule has 3 heterocycles. The minimum atomic E-state index is -0.424. The molecule has 0 spiro atoms. The van der Waals surface area contributed by atoms with Gasteiger partial charge in [0, 0.05) is 44.2 Å². The van der Waals surface area contributed by atoms with Crippen molar-refractivity contribution < 1.29 is 8.91 Å². The van der Waals surface area contributed by atoms with Crippen LogP contribution in [0.25, 0.3) is 0 Å². The normalized spacial score (nSPS) is 22.5. The summed E-state index contributed by atoms with van der Waals surface area (Å²) >= 11 is 0. The maximum atomic E-state index is 13.3. The number of hydrogen-bond acceptors (Lipinski definition) is 5. The van der Waals surface area contributed by atoms with Gasteiger partial charge in [0.05, 0.1) is 5.69 Å². The van der Waals surface area contributed by atoms with E-state index in [4.69, 9.17) is 4.52 Å². The minimum absolute atomic E-state index is 0.285. The van der Waals surface area contributed by atoms with Crippen molar-refractivity contribution in [2.45, 2.75) is 38.3 Å². The minimum Gasteiger partial charge on any atom is -0.361 e. The highest BCUT2D eigenvalue weighted by atomic mass is 19.1. The van der Waals surface area contributed by atoms with Crippen LogP contribution in [0.5, 0.6) is 0 Å². The van der Waals surface area contributed by atoms with E-state index in [1.54, 1.807) is 6.07 Å². The van der Waals surface area contributed by atoms with Crippen molar-refractivity contribution in [3.63, 3.8) is 0 Å². The molecule has 2 aromatic rings. The molecule has 0 N–H and O–H groups in total. The van der Waals surface area contributed by atoms with Gasteiger partial charge in [0.15, 0.2) is 0 Å². The van der Waals surface area contributed by atoms with Gasteiger partial charge >= 0.3 is 0 Å². The van der Waals surface area contributed by atoms with Crippen LogP contribution in [-0.2, 0) is 6.54 Å². The van der Waals surface area contributed by atoms with Crippen molar-refractivity contribution in [3.8, 4) is 0 Å². The zero-order chi connectivity index (χ0) is 15.8. The van der Waals surface area contributed by atoms with Gasteiger partial charge in [-0.15, -0.1) is 0 Å². The summed E-state index contributed by atoms with van der Waals surface area (Å²) in [6, 6.07) is 7.35. The van der Waals surface area contributed by atoms with Crippen molar-refractivity contribution in [1.82, 2.24) is 15.0 Å². The third-order valence-corrected chi connectivity index (χ3v) is 4.65. The second kappa shape index (κ2) is 5.92. The molecule has 1 aliphatic heterocycles. The van der Waals surface area contributed by atoms with E-state index in [0.29, 0.717) is 5.92 Å². The van der Waals surface area contributed by atoms with Gasteiger partial charge in [-0.3, -0.25) is 4.90 Å². The molecule has 0 aromatic carbocycles. The van der Waals surface area contributed by atoms with E-state index in [9.17, 15) is 4.39 Å². The lowest BCUT2D eigenvalue weighted by Gasteiger charge is -2.40. The Morgan fingerprint density at radius 3 is 2.91 bits per heavy atom. The van der Waals surface area contributed by atoms with Crippen LogP contribution >= 0.6 is 0 Å². The van der Waals surface area contributed by atoms with Gasteiger partial charge < -0.3 is 9.42 Å². The summed E-state index contributed by atoms with van der Waals surface area (Å²) < 4.78 is 18.7. The van der Waals surface area contributed by atoms with Crippen molar-refractivity contribution >= 4 is 5.82 Å². The summed E-state index contributed by atoms with van der Waals surface area (Å²) in [5.41, 5.74) is 1.01. The summed E-state index contributed by atoms with van der Waals surface area (Å²) in [6.07, 6.45) is 2.45. The van der Waals surface area contributed by atoms with Gasteiger partial charge in [-0.25, -0.2) is 4.98 Å². The van der Waals surface area contributed by atoms with Crippen LogP contribution in [0.3, 0.4) is 0 Å². The van der Waals surface area contributed by atoms with Crippen molar-refractivity contribution in [2.75, 3.05) is 24.5 Å². The van der Waals surface area contributed by atoms with Crippen LogP contribution in [0.1, 0.15) is 37.1 Å². The van der Waals surface area contributed by atoms with Gasteiger partial charge in [0.1, 0.15) is 11.6 Å². The van der Waals surface area contributed by atoms with Crippen LogP contribution in [-0.4, -0.2) is 40.7 Å². The van der Waals surface area contributed by atoms with Crippen LogP contribution in [0.15, 0.2) is 28.8 Å². The quantitative estimate of drug-likeness (QED) is 0.812. The molecule has 1 saturated carbocycles. The molecule has 1 unspecified atom stereocenters. The predicted octanol–water partition coefficient (Wildman–Crippen LogP) is 2.80. The molecule has 6 heteroatoms. The third-order valence-electron chi connectivity index (χ3n) is 4.65. The fraction of sp³-hybridized carbons (Fsp3) is 0.529. The van der Waals surface area contributed by atoms with Crippen LogP contribution < -0.4 is 4.90 Å².